The molecule has 0 bridgehead atoms. The molecule has 0 aliphatic rings. The van der Waals surface area contributed by atoms with Gasteiger partial charge in [-0.1, -0.05) is 24.3 Å². The number of amides is 1. The highest BCUT2D eigenvalue weighted by Crippen LogP contribution is 2.22. The summed E-state index contributed by atoms with van der Waals surface area (Å²) in [6.45, 7) is 7.67. The Morgan fingerprint density at radius 2 is 1.75 bits per heavy atom. The van der Waals surface area contributed by atoms with Gasteiger partial charge in [-0.05, 0) is 63.1 Å². The molecule has 2 aromatic rings. The molecule has 0 fully saturated rings. The summed E-state index contributed by atoms with van der Waals surface area (Å²) in [6, 6.07) is 13.6. The van der Waals surface area contributed by atoms with E-state index in [0.29, 0.717) is 12.2 Å². The van der Waals surface area contributed by atoms with E-state index in [0.717, 1.165) is 27.4 Å². The first-order chi connectivity index (χ1) is 13.1. The number of carbonyl (C=O) groups excluding carboxylic acids is 1. The highest BCUT2D eigenvalue weighted by Gasteiger charge is 2.28. The van der Waals surface area contributed by atoms with Crippen molar-refractivity contribution in [3.8, 4) is 5.75 Å². The fraction of sp³-hybridized carbons (Fsp3) is 0.381. The van der Waals surface area contributed by atoms with Gasteiger partial charge in [-0.2, -0.15) is 0 Å². The Morgan fingerprint density at radius 1 is 1.11 bits per heavy atom. The van der Waals surface area contributed by atoms with Crippen LogP contribution in [-0.2, 0) is 21.4 Å². The lowest BCUT2D eigenvalue weighted by Crippen LogP contribution is -2.47. The van der Waals surface area contributed by atoms with Crippen LogP contribution in [0.5, 0.6) is 5.75 Å². The predicted molar refractivity (Wildman–Crippen MR) is 112 cm³/mol. The van der Waals surface area contributed by atoms with Crippen LogP contribution in [0.4, 0.5) is 5.69 Å². The number of sulfonamides is 1. The number of anilines is 1. The Labute approximate surface area is 167 Å². The lowest BCUT2D eigenvalue weighted by molar-refractivity contribution is -0.122. The van der Waals surface area contributed by atoms with E-state index in [2.05, 4.69) is 5.32 Å². The van der Waals surface area contributed by atoms with Crippen molar-refractivity contribution in [2.24, 2.45) is 0 Å². The Bertz CT molecular complexity index is 908. The smallest absolute Gasteiger partial charge is 0.243 e. The van der Waals surface area contributed by atoms with Gasteiger partial charge < -0.3 is 10.1 Å². The SMILES string of the molecule is Cc1cccc(N([C@H](C)C(=O)NCc2ccc(OC(C)C)cc2)S(C)(=O)=O)c1. The van der Waals surface area contributed by atoms with Crippen LogP contribution in [-0.4, -0.2) is 32.7 Å². The lowest BCUT2D eigenvalue weighted by atomic mass is 10.2. The van der Waals surface area contributed by atoms with Gasteiger partial charge in [0.15, 0.2) is 0 Å². The maximum absolute atomic E-state index is 12.6. The molecule has 152 valence electrons. The summed E-state index contributed by atoms with van der Waals surface area (Å²) in [7, 11) is -3.62. The van der Waals surface area contributed by atoms with Gasteiger partial charge in [-0.25, -0.2) is 8.42 Å². The molecule has 0 saturated carbocycles. The number of rotatable bonds is 8. The molecule has 1 N–H and O–H groups in total. The molecular formula is C21H28N2O4S. The molecule has 2 aromatic carbocycles. The molecule has 0 aromatic heterocycles. The molecule has 6 nitrogen and oxygen atoms in total. The predicted octanol–water partition coefficient (Wildman–Crippen LogP) is 3.25. The van der Waals surface area contributed by atoms with Crippen molar-refractivity contribution in [1.82, 2.24) is 5.32 Å². The van der Waals surface area contributed by atoms with Crippen molar-refractivity contribution in [2.45, 2.75) is 46.4 Å². The van der Waals surface area contributed by atoms with E-state index in [9.17, 15) is 13.2 Å². The summed E-state index contributed by atoms with van der Waals surface area (Å²) in [6.07, 6.45) is 1.20. The van der Waals surface area contributed by atoms with Crippen LogP contribution in [0.2, 0.25) is 0 Å². The molecule has 0 heterocycles. The van der Waals surface area contributed by atoms with Crippen LogP contribution in [0.3, 0.4) is 0 Å². The fourth-order valence-electron chi connectivity index (χ4n) is 2.87. The maximum atomic E-state index is 12.6. The van der Waals surface area contributed by atoms with Gasteiger partial charge in [0.2, 0.25) is 15.9 Å². The van der Waals surface area contributed by atoms with E-state index in [-0.39, 0.29) is 12.0 Å². The number of benzene rings is 2. The number of carbonyl (C=O) groups is 1. The molecule has 0 radical (unpaired) electrons. The van der Waals surface area contributed by atoms with Gasteiger partial charge >= 0.3 is 0 Å². The molecule has 1 amide bonds. The quantitative estimate of drug-likeness (QED) is 0.733. The third-order valence-electron chi connectivity index (χ3n) is 4.11. The summed E-state index contributed by atoms with van der Waals surface area (Å²) in [4.78, 5) is 12.6. The Balaban J connectivity index is 2.09. The van der Waals surface area contributed by atoms with Crippen molar-refractivity contribution in [2.75, 3.05) is 10.6 Å². The van der Waals surface area contributed by atoms with Gasteiger partial charge in [0, 0.05) is 6.54 Å². The normalized spacial score (nSPS) is 12.5. The highest BCUT2D eigenvalue weighted by atomic mass is 32.2. The van der Waals surface area contributed by atoms with Crippen molar-refractivity contribution in [1.29, 1.82) is 0 Å². The van der Waals surface area contributed by atoms with Gasteiger partial charge in [-0.3, -0.25) is 9.10 Å². The largest absolute Gasteiger partial charge is 0.491 e. The molecule has 0 unspecified atom stereocenters. The second-order valence-electron chi connectivity index (χ2n) is 7.10. The Morgan fingerprint density at radius 3 is 2.29 bits per heavy atom. The van der Waals surface area contributed by atoms with Gasteiger partial charge in [-0.15, -0.1) is 0 Å². The van der Waals surface area contributed by atoms with Crippen molar-refractivity contribution < 1.29 is 17.9 Å². The molecule has 1 atom stereocenters. The summed E-state index contributed by atoms with van der Waals surface area (Å²) in [5.74, 6) is 0.399. The summed E-state index contributed by atoms with van der Waals surface area (Å²) < 4.78 is 31.4. The first-order valence-corrected chi connectivity index (χ1v) is 11.0. The van der Waals surface area contributed by atoms with Crippen LogP contribution in [0.1, 0.15) is 31.9 Å². The highest BCUT2D eigenvalue weighted by molar-refractivity contribution is 7.92. The zero-order chi connectivity index (χ0) is 20.9. The van der Waals surface area contributed by atoms with Crippen LogP contribution in [0, 0.1) is 6.92 Å². The molecular weight excluding hydrogens is 376 g/mol. The Hall–Kier alpha value is -2.54. The molecule has 0 aliphatic heterocycles. The van der Waals surface area contributed by atoms with Gasteiger partial charge in [0.05, 0.1) is 18.0 Å². The van der Waals surface area contributed by atoms with E-state index in [1.54, 1.807) is 25.1 Å². The fourth-order valence-corrected chi connectivity index (χ4v) is 4.04. The zero-order valence-electron chi connectivity index (χ0n) is 17.0. The van der Waals surface area contributed by atoms with Crippen LogP contribution < -0.4 is 14.4 Å². The molecule has 0 spiro atoms. The van der Waals surface area contributed by atoms with E-state index in [1.807, 2.05) is 51.1 Å². The number of ether oxygens (including phenoxy) is 1. The monoisotopic (exact) mass is 404 g/mol. The number of hydrogen-bond acceptors (Lipinski definition) is 4. The summed E-state index contributed by atoms with van der Waals surface area (Å²) in [5, 5.41) is 2.81. The zero-order valence-corrected chi connectivity index (χ0v) is 17.8. The van der Waals surface area contributed by atoms with E-state index >= 15 is 0 Å². The van der Waals surface area contributed by atoms with E-state index < -0.39 is 16.1 Å². The standard InChI is InChI=1S/C21H28N2O4S/c1-15(2)27-20-11-9-18(10-12-20)14-22-21(24)17(4)23(28(5,25)26)19-8-6-7-16(3)13-19/h6-13,15,17H,14H2,1-5H3,(H,22,24)/t17-/m1/s1. The number of nitrogens with zero attached hydrogens (tertiary/aromatic N) is 1. The van der Waals surface area contributed by atoms with Crippen molar-refractivity contribution >= 4 is 21.6 Å². The van der Waals surface area contributed by atoms with Gasteiger partial charge in [0.1, 0.15) is 11.8 Å². The number of aryl methyl sites for hydroxylation is 1. The first kappa shape index (κ1) is 21.8. The molecule has 2 rings (SSSR count). The minimum atomic E-state index is -3.62. The molecule has 0 aliphatic carbocycles. The molecule has 7 heteroatoms. The van der Waals surface area contributed by atoms with Crippen LogP contribution in [0.15, 0.2) is 48.5 Å². The molecule has 28 heavy (non-hydrogen) atoms. The third kappa shape index (κ3) is 5.99. The average molecular weight is 405 g/mol. The van der Waals surface area contributed by atoms with E-state index in [1.165, 1.54) is 0 Å². The van der Waals surface area contributed by atoms with Crippen molar-refractivity contribution in [3.63, 3.8) is 0 Å². The maximum Gasteiger partial charge on any atom is 0.243 e. The lowest BCUT2D eigenvalue weighted by Gasteiger charge is -2.28. The van der Waals surface area contributed by atoms with Crippen LogP contribution >= 0.6 is 0 Å². The summed E-state index contributed by atoms with van der Waals surface area (Å²) >= 11 is 0. The average Bonchev–Trinajstić information content (AvgIpc) is 2.59. The third-order valence-corrected chi connectivity index (χ3v) is 5.35. The van der Waals surface area contributed by atoms with E-state index in [4.69, 9.17) is 4.74 Å². The minimum Gasteiger partial charge on any atom is -0.491 e. The topological polar surface area (TPSA) is 75.7 Å². The van der Waals surface area contributed by atoms with Crippen LogP contribution in [0.25, 0.3) is 0 Å². The second-order valence-corrected chi connectivity index (χ2v) is 8.96. The van der Waals surface area contributed by atoms with Gasteiger partial charge in [0.25, 0.3) is 0 Å². The minimum absolute atomic E-state index is 0.0926. The second kappa shape index (κ2) is 9.10. The first-order valence-electron chi connectivity index (χ1n) is 9.17. The molecule has 0 saturated heterocycles. The Kier molecular flexibility index (Phi) is 7.07. The number of hydrogen-bond donors (Lipinski definition) is 1. The van der Waals surface area contributed by atoms with Crippen molar-refractivity contribution in [3.05, 3.63) is 59.7 Å². The summed E-state index contributed by atoms with van der Waals surface area (Å²) in [5.41, 5.74) is 2.29. The number of nitrogens with one attached hydrogen (secondary N) is 1.